The summed E-state index contributed by atoms with van der Waals surface area (Å²) in [6.45, 7) is 4.25. The lowest BCUT2D eigenvalue weighted by atomic mass is 10.2. The van der Waals surface area contributed by atoms with Crippen LogP contribution in [-0.4, -0.2) is 36.7 Å². The van der Waals surface area contributed by atoms with Gasteiger partial charge in [-0.3, -0.25) is 9.69 Å². The first-order chi connectivity index (χ1) is 10.2. The normalized spacial score (nSPS) is 19.9. The quantitative estimate of drug-likeness (QED) is 0.929. The predicted molar refractivity (Wildman–Crippen MR) is 80.7 cm³/mol. The number of nitrogens with one attached hydrogen (secondary N) is 1. The lowest BCUT2D eigenvalue weighted by Gasteiger charge is -2.26. The average molecular weight is 290 g/mol. The number of benzene rings is 1. The monoisotopic (exact) mass is 290 g/mol. The molecule has 1 atom stereocenters. The van der Waals surface area contributed by atoms with E-state index in [2.05, 4.69) is 10.2 Å². The van der Waals surface area contributed by atoms with Crippen LogP contribution < -0.4 is 14.8 Å². The van der Waals surface area contributed by atoms with Crippen LogP contribution in [0.25, 0.3) is 0 Å². The van der Waals surface area contributed by atoms with Gasteiger partial charge in [-0.05, 0) is 45.0 Å². The number of likely N-dealkylation sites (tertiary alicyclic amines) is 1. The van der Waals surface area contributed by atoms with Crippen molar-refractivity contribution >= 4 is 11.6 Å². The third kappa shape index (κ3) is 3.29. The highest BCUT2D eigenvalue weighted by molar-refractivity contribution is 5.94. The summed E-state index contributed by atoms with van der Waals surface area (Å²) in [7, 11) is 0. The number of carbonyl (C=O) groups is 1. The van der Waals surface area contributed by atoms with Gasteiger partial charge in [0.15, 0.2) is 11.5 Å². The first-order valence-corrected chi connectivity index (χ1v) is 7.68. The molecule has 2 aliphatic rings. The SMILES string of the molecule is C[C@H](C(=O)Nc1ccc2c(c1)OCO2)N1CCCCCC1. The average Bonchev–Trinajstić information content (AvgIpc) is 2.78. The predicted octanol–water partition coefficient (Wildman–Crippen LogP) is 2.62. The molecule has 1 aromatic rings. The van der Waals surface area contributed by atoms with E-state index in [9.17, 15) is 4.79 Å². The van der Waals surface area contributed by atoms with Gasteiger partial charge < -0.3 is 14.8 Å². The molecule has 3 rings (SSSR count). The molecule has 1 fully saturated rings. The van der Waals surface area contributed by atoms with E-state index in [1.807, 2.05) is 25.1 Å². The van der Waals surface area contributed by atoms with Crippen LogP contribution in [0.1, 0.15) is 32.6 Å². The van der Waals surface area contributed by atoms with Crippen LogP contribution in [0.5, 0.6) is 11.5 Å². The van der Waals surface area contributed by atoms with Crippen LogP contribution in [0, 0.1) is 0 Å². The van der Waals surface area contributed by atoms with Gasteiger partial charge in [-0.2, -0.15) is 0 Å². The van der Waals surface area contributed by atoms with Gasteiger partial charge in [0.1, 0.15) is 0 Å². The largest absolute Gasteiger partial charge is 0.454 e. The van der Waals surface area contributed by atoms with Gasteiger partial charge in [0.05, 0.1) is 6.04 Å². The van der Waals surface area contributed by atoms with Gasteiger partial charge in [-0.15, -0.1) is 0 Å². The Labute approximate surface area is 125 Å². The third-order valence-electron chi connectivity index (χ3n) is 4.21. The molecular weight excluding hydrogens is 268 g/mol. The van der Waals surface area contributed by atoms with Crippen molar-refractivity contribution in [1.29, 1.82) is 0 Å². The molecule has 2 aliphatic heterocycles. The lowest BCUT2D eigenvalue weighted by Crippen LogP contribution is -2.42. The zero-order valence-corrected chi connectivity index (χ0v) is 12.4. The Morgan fingerprint density at radius 1 is 1.14 bits per heavy atom. The smallest absolute Gasteiger partial charge is 0.241 e. The van der Waals surface area contributed by atoms with E-state index in [0.29, 0.717) is 5.75 Å². The summed E-state index contributed by atoms with van der Waals surface area (Å²) >= 11 is 0. The fraction of sp³-hybridized carbons (Fsp3) is 0.562. The Bertz CT molecular complexity index is 510. The van der Waals surface area contributed by atoms with Crippen LogP contribution in [0.15, 0.2) is 18.2 Å². The number of amides is 1. The molecule has 5 heteroatoms. The topological polar surface area (TPSA) is 50.8 Å². The number of fused-ring (bicyclic) bond motifs is 1. The number of hydrogen-bond donors (Lipinski definition) is 1. The Kier molecular flexibility index (Phi) is 4.29. The van der Waals surface area contributed by atoms with Gasteiger partial charge >= 0.3 is 0 Å². The van der Waals surface area contributed by atoms with Crippen molar-refractivity contribution in [3.05, 3.63) is 18.2 Å². The summed E-state index contributed by atoms with van der Waals surface area (Å²) in [5.41, 5.74) is 0.755. The van der Waals surface area contributed by atoms with E-state index < -0.39 is 0 Å². The second-order valence-electron chi connectivity index (χ2n) is 5.68. The maximum absolute atomic E-state index is 12.4. The van der Waals surface area contributed by atoms with Crippen LogP contribution in [0.3, 0.4) is 0 Å². The van der Waals surface area contributed by atoms with Crippen molar-refractivity contribution in [2.75, 3.05) is 25.2 Å². The molecule has 0 spiro atoms. The Morgan fingerprint density at radius 2 is 1.86 bits per heavy atom. The van der Waals surface area contributed by atoms with Crippen molar-refractivity contribution in [2.24, 2.45) is 0 Å². The molecule has 1 N–H and O–H groups in total. The molecule has 0 aromatic heterocycles. The molecule has 2 heterocycles. The van der Waals surface area contributed by atoms with Gasteiger partial charge in [0.25, 0.3) is 0 Å². The summed E-state index contributed by atoms with van der Waals surface area (Å²) in [6.07, 6.45) is 4.91. The van der Waals surface area contributed by atoms with Crippen molar-refractivity contribution in [3.63, 3.8) is 0 Å². The van der Waals surface area contributed by atoms with Gasteiger partial charge in [0.2, 0.25) is 12.7 Å². The Hall–Kier alpha value is -1.75. The van der Waals surface area contributed by atoms with Crippen molar-refractivity contribution in [1.82, 2.24) is 4.90 Å². The van der Waals surface area contributed by atoms with E-state index in [-0.39, 0.29) is 18.7 Å². The molecular formula is C16H22N2O3. The molecule has 114 valence electrons. The van der Waals surface area contributed by atoms with Gasteiger partial charge in [-0.25, -0.2) is 0 Å². The minimum atomic E-state index is -0.103. The Morgan fingerprint density at radius 3 is 2.62 bits per heavy atom. The van der Waals surface area contributed by atoms with Crippen molar-refractivity contribution in [3.8, 4) is 11.5 Å². The van der Waals surface area contributed by atoms with E-state index in [0.717, 1.165) is 24.5 Å². The first-order valence-electron chi connectivity index (χ1n) is 7.68. The maximum atomic E-state index is 12.4. The summed E-state index contributed by atoms with van der Waals surface area (Å²) in [5, 5.41) is 2.97. The number of rotatable bonds is 3. The lowest BCUT2D eigenvalue weighted by molar-refractivity contribution is -0.120. The van der Waals surface area contributed by atoms with Crippen LogP contribution >= 0.6 is 0 Å². The molecule has 1 aromatic carbocycles. The zero-order valence-electron chi connectivity index (χ0n) is 12.4. The molecule has 1 saturated heterocycles. The highest BCUT2D eigenvalue weighted by Gasteiger charge is 2.22. The van der Waals surface area contributed by atoms with E-state index in [1.165, 1.54) is 25.7 Å². The first kappa shape index (κ1) is 14.2. The molecule has 21 heavy (non-hydrogen) atoms. The number of anilines is 1. The third-order valence-corrected chi connectivity index (χ3v) is 4.21. The van der Waals surface area contributed by atoms with E-state index in [1.54, 1.807) is 0 Å². The van der Waals surface area contributed by atoms with E-state index >= 15 is 0 Å². The standard InChI is InChI=1S/C16H22N2O3/c1-12(18-8-4-2-3-5-9-18)16(19)17-13-6-7-14-15(10-13)21-11-20-14/h6-7,10,12H,2-5,8-9,11H2,1H3,(H,17,19)/t12-/m1/s1. The second kappa shape index (κ2) is 6.35. The van der Waals surface area contributed by atoms with Crippen molar-refractivity contribution < 1.29 is 14.3 Å². The minimum absolute atomic E-state index is 0.0377. The van der Waals surface area contributed by atoms with Gasteiger partial charge in [-0.1, -0.05) is 12.8 Å². The maximum Gasteiger partial charge on any atom is 0.241 e. The zero-order chi connectivity index (χ0) is 14.7. The minimum Gasteiger partial charge on any atom is -0.454 e. The molecule has 0 radical (unpaired) electrons. The fourth-order valence-electron chi connectivity index (χ4n) is 2.87. The summed E-state index contributed by atoms with van der Waals surface area (Å²) in [6, 6.07) is 5.39. The molecule has 0 aliphatic carbocycles. The highest BCUT2D eigenvalue weighted by Crippen LogP contribution is 2.34. The molecule has 0 saturated carbocycles. The van der Waals surface area contributed by atoms with Crippen LogP contribution in [-0.2, 0) is 4.79 Å². The fourth-order valence-corrected chi connectivity index (χ4v) is 2.87. The molecule has 5 nitrogen and oxygen atoms in total. The van der Waals surface area contributed by atoms with Crippen LogP contribution in [0.2, 0.25) is 0 Å². The van der Waals surface area contributed by atoms with E-state index in [4.69, 9.17) is 9.47 Å². The Balaban J connectivity index is 1.62. The second-order valence-corrected chi connectivity index (χ2v) is 5.68. The summed E-state index contributed by atoms with van der Waals surface area (Å²) in [4.78, 5) is 14.7. The molecule has 0 unspecified atom stereocenters. The summed E-state index contributed by atoms with van der Waals surface area (Å²) < 4.78 is 10.6. The van der Waals surface area contributed by atoms with Gasteiger partial charge in [0, 0.05) is 11.8 Å². The molecule has 0 bridgehead atoms. The summed E-state index contributed by atoms with van der Waals surface area (Å²) in [5.74, 6) is 1.46. The highest BCUT2D eigenvalue weighted by atomic mass is 16.7. The number of hydrogen-bond acceptors (Lipinski definition) is 4. The van der Waals surface area contributed by atoms with Crippen LogP contribution in [0.4, 0.5) is 5.69 Å². The number of ether oxygens (including phenoxy) is 2. The number of nitrogens with zero attached hydrogens (tertiary/aromatic N) is 1. The number of carbonyl (C=O) groups excluding carboxylic acids is 1. The van der Waals surface area contributed by atoms with Crippen molar-refractivity contribution in [2.45, 2.75) is 38.6 Å². The molecule has 1 amide bonds.